The van der Waals surface area contributed by atoms with E-state index in [1.54, 1.807) is 41.1 Å². The summed E-state index contributed by atoms with van der Waals surface area (Å²) in [4.78, 5) is 17.1. The minimum absolute atomic E-state index is 0.283. The van der Waals surface area contributed by atoms with Gasteiger partial charge >= 0.3 is 0 Å². The number of aryl methyl sites for hydroxylation is 1. The van der Waals surface area contributed by atoms with E-state index in [1.807, 2.05) is 36.5 Å². The SMILES string of the molecule is Cn1cc(C(=O)Nc2ccn(Cc3ccncc3)n2)c(-c2ccc3c(c2)OCCCO3)n1. The molecule has 5 rings (SSSR count). The van der Waals surface area contributed by atoms with Crippen LogP contribution >= 0.6 is 0 Å². The third kappa shape index (κ3) is 4.18. The Kier molecular flexibility index (Phi) is 5.29. The zero-order valence-corrected chi connectivity index (χ0v) is 17.6. The molecule has 0 saturated carbocycles. The van der Waals surface area contributed by atoms with Crippen LogP contribution < -0.4 is 14.8 Å². The largest absolute Gasteiger partial charge is 0.490 e. The molecule has 0 unspecified atom stereocenters. The van der Waals surface area contributed by atoms with E-state index >= 15 is 0 Å². The number of nitrogens with one attached hydrogen (secondary N) is 1. The van der Waals surface area contributed by atoms with Crippen molar-refractivity contribution in [2.24, 2.45) is 7.05 Å². The van der Waals surface area contributed by atoms with E-state index in [2.05, 4.69) is 20.5 Å². The van der Waals surface area contributed by atoms with Gasteiger partial charge in [-0.25, -0.2) is 0 Å². The highest BCUT2D eigenvalue weighted by atomic mass is 16.5. The molecule has 4 aromatic rings. The summed E-state index contributed by atoms with van der Waals surface area (Å²) >= 11 is 0. The summed E-state index contributed by atoms with van der Waals surface area (Å²) in [5.74, 6) is 1.55. The lowest BCUT2D eigenvalue weighted by molar-refractivity contribution is 0.102. The Labute approximate surface area is 184 Å². The molecule has 0 spiro atoms. The van der Waals surface area contributed by atoms with Gasteiger partial charge in [-0.3, -0.25) is 19.1 Å². The second-order valence-corrected chi connectivity index (χ2v) is 7.49. The number of ether oxygens (including phenoxy) is 2. The Bertz CT molecular complexity index is 1250. The van der Waals surface area contributed by atoms with Crippen LogP contribution in [0.5, 0.6) is 11.5 Å². The fourth-order valence-corrected chi connectivity index (χ4v) is 3.55. The number of pyridine rings is 1. The summed E-state index contributed by atoms with van der Waals surface area (Å²) in [6.45, 7) is 1.80. The van der Waals surface area contributed by atoms with E-state index in [4.69, 9.17) is 9.47 Å². The molecule has 0 fully saturated rings. The maximum atomic E-state index is 13.1. The van der Waals surface area contributed by atoms with E-state index in [1.165, 1.54) is 0 Å². The summed E-state index contributed by atoms with van der Waals surface area (Å²) in [6.07, 6.45) is 7.83. The molecule has 9 heteroatoms. The van der Waals surface area contributed by atoms with Crippen LogP contribution in [0, 0.1) is 0 Å². The molecule has 9 nitrogen and oxygen atoms in total. The first-order valence-electron chi connectivity index (χ1n) is 10.3. The molecule has 3 aromatic heterocycles. The van der Waals surface area contributed by atoms with Gasteiger partial charge in [-0.15, -0.1) is 0 Å². The number of carbonyl (C=O) groups is 1. The van der Waals surface area contributed by atoms with Gasteiger partial charge in [0.1, 0.15) is 5.69 Å². The van der Waals surface area contributed by atoms with Crippen molar-refractivity contribution in [1.82, 2.24) is 24.5 Å². The number of fused-ring (bicyclic) bond motifs is 1. The lowest BCUT2D eigenvalue weighted by Crippen LogP contribution is -2.13. The molecule has 4 heterocycles. The number of anilines is 1. The van der Waals surface area contributed by atoms with Crippen molar-refractivity contribution in [3.8, 4) is 22.8 Å². The standard InChI is InChI=1S/C23H22N6O3/c1-28-15-18(22(27-28)17-3-4-19-20(13-17)32-12-2-11-31-19)23(30)25-21-7-10-29(26-21)14-16-5-8-24-9-6-16/h3-10,13,15H,2,11-12,14H2,1H3,(H,25,26,30). The number of rotatable bonds is 5. The summed E-state index contributed by atoms with van der Waals surface area (Å²) in [7, 11) is 1.78. The maximum absolute atomic E-state index is 13.1. The highest BCUT2D eigenvalue weighted by Crippen LogP contribution is 2.34. The Balaban J connectivity index is 1.36. The predicted octanol–water partition coefficient (Wildman–Crippen LogP) is 3.14. The summed E-state index contributed by atoms with van der Waals surface area (Å²) in [5, 5.41) is 11.8. The molecular formula is C23H22N6O3. The van der Waals surface area contributed by atoms with Gasteiger partial charge in [-0.05, 0) is 35.9 Å². The molecular weight excluding hydrogens is 408 g/mol. The first-order chi connectivity index (χ1) is 15.7. The van der Waals surface area contributed by atoms with E-state index in [9.17, 15) is 4.79 Å². The molecule has 32 heavy (non-hydrogen) atoms. The van der Waals surface area contributed by atoms with Crippen molar-refractivity contribution < 1.29 is 14.3 Å². The van der Waals surface area contributed by atoms with E-state index in [0.29, 0.717) is 48.3 Å². The van der Waals surface area contributed by atoms with Crippen LogP contribution in [0.25, 0.3) is 11.3 Å². The lowest BCUT2D eigenvalue weighted by Gasteiger charge is -2.09. The number of benzene rings is 1. The van der Waals surface area contributed by atoms with Crippen LogP contribution in [0.4, 0.5) is 5.82 Å². The number of amides is 1. The summed E-state index contributed by atoms with van der Waals surface area (Å²) in [6, 6.07) is 11.2. The molecule has 0 atom stereocenters. The molecule has 0 aliphatic carbocycles. The molecule has 0 bridgehead atoms. The number of hydrogen-bond donors (Lipinski definition) is 1. The van der Waals surface area contributed by atoms with Crippen LogP contribution in [0.15, 0.2) is 61.2 Å². The zero-order chi connectivity index (χ0) is 21.9. The van der Waals surface area contributed by atoms with Crippen LogP contribution in [0.3, 0.4) is 0 Å². The van der Waals surface area contributed by atoms with Gasteiger partial charge in [-0.1, -0.05) is 0 Å². The second-order valence-electron chi connectivity index (χ2n) is 7.49. The number of nitrogens with zero attached hydrogens (tertiary/aromatic N) is 5. The molecule has 1 amide bonds. The lowest BCUT2D eigenvalue weighted by atomic mass is 10.1. The van der Waals surface area contributed by atoms with Gasteiger partial charge in [-0.2, -0.15) is 10.2 Å². The van der Waals surface area contributed by atoms with Gasteiger partial charge in [0.05, 0.1) is 25.3 Å². The number of hydrogen-bond acceptors (Lipinski definition) is 6. The fraction of sp³-hybridized carbons (Fsp3) is 0.217. The smallest absolute Gasteiger partial charge is 0.260 e. The molecule has 1 aliphatic heterocycles. The molecule has 0 saturated heterocycles. The normalized spacial score (nSPS) is 12.9. The molecule has 0 radical (unpaired) electrons. The monoisotopic (exact) mass is 430 g/mol. The topological polar surface area (TPSA) is 96.1 Å². The summed E-state index contributed by atoms with van der Waals surface area (Å²) in [5.41, 5.74) is 2.87. The van der Waals surface area contributed by atoms with Crippen molar-refractivity contribution in [3.05, 3.63) is 72.3 Å². The van der Waals surface area contributed by atoms with Crippen LogP contribution in [-0.2, 0) is 13.6 Å². The van der Waals surface area contributed by atoms with Crippen molar-refractivity contribution in [2.75, 3.05) is 18.5 Å². The Morgan fingerprint density at radius 1 is 1.06 bits per heavy atom. The Morgan fingerprint density at radius 2 is 1.88 bits per heavy atom. The molecule has 162 valence electrons. The summed E-state index contributed by atoms with van der Waals surface area (Å²) < 4.78 is 14.9. The van der Waals surface area contributed by atoms with Crippen molar-refractivity contribution in [1.29, 1.82) is 0 Å². The third-order valence-corrected chi connectivity index (χ3v) is 5.07. The molecule has 1 aromatic carbocycles. The van der Waals surface area contributed by atoms with Gasteiger partial charge in [0.25, 0.3) is 5.91 Å². The van der Waals surface area contributed by atoms with Crippen molar-refractivity contribution >= 4 is 11.7 Å². The number of carbonyl (C=O) groups excluding carboxylic acids is 1. The van der Waals surface area contributed by atoms with Crippen LogP contribution in [0.1, 0.15) is 22.3 Å². The van der Waals surface area contributed by atoms with Crippen LogP contribution in [-0.4, -0.2) is 43.7 Å². The van der Waals surface area contributed by atoms with E-state index in [-0.39, 0.29) is 5.91 Å². The zero-order valence-electron chi connectivity index (χ0n) is 17.6. The number of aromatic nitrogens is 5. The van der Waals surface area contributed by atoms with E-state index in [0.717, 1.165) is 17.5 Å². The minimum Gasteiger partial charge on any atom is -0.490 e. The predicted molar refractivity (Wildman–Crippen MR) is 118 cm³/mol. The Hall–Kier alpha value is -4.14. The van der Waals surface area contributed by atoms with Crippen molar-refractivity contribution in [2.45, 2.75) is 13.0 Å². The first-order valence-corrected chi connectivity index (χ1v) is 10.3. The fourth-order valence-electron chi connectivity index (χ4n) is 3.55. The van der Waals surface area contributed by atoms with Gasteiger partial charge in [0, 0.05) is 49.9 Å². The second kappa shape index (κ2) is 8.54. The van der Waals surface area contributed by atoms with Crippen molar-refractivity contribution in [3.63, 3.8) is 0 Å². The third-order valence-electron chi connectivity index (χ3n) is 5.07. The average Bonchev–Trinajstić information content (AvgIpc) is 3.32. The highest BCUT2D eigenvalue weighted by molar-refractivity contribution is 6.07. The van der Waals surface area contributed by atoms with Gasteiger partial charge < -0.3 is 14.8 Å². The quantitative estimate of drug-likeness (QED) is 0.523. The van der Waals surface area contributed by atoms with Gasteiger partial charge in [0.2, 0.25) is 0 Å². The average molecular weight is 430 g/mol. The Morgan fingerprint density at radius 3 is 2.72 bits per heavy atom. The highest BCUT2D eigenvalue weighted by Gasteiger charge is 2.20. The van der Waals surface area contributed by atoms with E-state index < -0.39 is 0 Å². The molecule has 1 aliphatic rings. The minimum atomic E-state index is -0.283. The maximum Gasteiger partial charge on any atom is 0.260 e. The first kappa shape index (κ1) is 19.8. The van der Waals surface area contributed by atoms with Crippen LogP contribution in [0.2, 0.25) is 0 Å². The molecule has 1 N–H and O–H groups in total. The van der Waals surface area contributed by atoms with Gasteiger partial charge in [0.15, 0.2) is 17.3 Å².